The van der Waals surface area contributed by atoms with E-state index in [0.717, 1.165) is 0 Å². The summed E-state index contributed by atoms with van der Waals surface area (Å²) in [4.78, 5) is 39.6. The highest BCUT2D eigenvalue weighted by molar-refractivity contribution is 9.10. The monoisotopic (exact) mass is 509 g/mol. The Labute approximate surface area is 191 Å². The zero-order chi connectivity index (χ0) is 22.9. The second-order valence-electron chi connectivity index (χ2n) is 7.30. The quantitative estimate of drug-likeness (QED) is 0.551. The van der Waals surface area contributed by atoms with Crippen LogP contribution in [0.3, 0.4) is 0 Å². The molecular formula is C21H21BrFN3O4S. The second kappa shape index (κ2) is 8.97. The fourth-order valence-corrected chi connectivity index (χ4v) is 4.86. The van der Waals surface area contributed by atoms with Crippen LogP contribution in [0.2, 0.25) is 0 Å². The molecule has 2 heterocycles. The maximum Gasteiger partial charge on any atom is 0.336 e. The summed E-state index contributed by atoms with van der Waals surface area (Å²) in [6, 6.07) is 3.88. The summed E-state index contributed by atoms with van der Waals surface area (Å²) in [5.74, 6) is -2.39. The molecule has 0 saturated carbocycles. The number of benzene rings is 1. The third kappa shape index (κ3) is 4.07. The van der Waals surface area contributed by atoms with Gasteiger partial charge < -0.3 is 9.90 Å². The number of hydroxylamine groups is 2. The van der Waals surface area contributed by atoms with Gasteiger partial charge in [0.15, 0.2) is 10.8 Å². The fraction of sp³-hybridized carbons (Fsp3) is 0.333. The number of nitrogens with zero attached hydrogens (tertiary/aromatic N) is 3. The van der Waals surface area contributed by atoms with E-state index in [-0.39, 0.29) is 23.2 Å². The van der Waals surface area contributed by atoms with Crippen LogP contribution in [-0.4, -0.2) is 39.3 Å². The summed E-state index contributed by atoms with van der Waals surface area (Å²) in [5, 5.41) is 13.8. The van der Waals surface area contributed by atoms with Crippen molar-refractivity contribution in [3.8, 4) is 0 Å². The van der Waals surface area contributed by atoms with Crippen LogP contribution in [0.25, 0.3) is 0 Å². The Balaban J connectivity index is 2.44. The first-order valence-corrected chi connectivity index (χ1v) is 11.1. The number of carbonyl (C=O) groups is 2. The van der Waals surface area contributed by atoms with Gasteiger partial charge in [-0.1, -0.05) is 28.9 Å². The molecule has 31 heavy (non-hydrogen) atoms. The molecule has 1 aromatic carbocycles. The van der Waals surface area contributed by atoms with Crippen molar-refractivity contribution >= 4 is 45.4 Å². The maximum absolute atomic E-state index is 13.9. The molecule has 2 aromatic rings. The number of allylic oxidation sites excluding steroid dienone is 1. The molecule has 0 fully saturated rings. The van der Waals surface area contributed by atoms with Gasteiger partial charge in [0.1, 0.15) is 17.6 Å². The fourth-order valence-electron chi connectivity index (χ4n) is 3.60. The number of hydrogen-bond donors (Lipinski definition) is 1. The van der Waals surface area contributed by atoms with Crippen LogP contribution in [0.15, 0.2) is 50.5 Å². The predicted molar refractivity (Wildman–Crippen MR) is 118 cm³/mol. The van der Waals surface area contributed by atoms with Gasteiger partial charge in [0, 0.05) is 22.0 Å². The van der Waals surface area contributed by atoms with Gasteiger partial charge in [-0.15, -0.1) is 11.3 Å². The molecule has 1 aliphatic heterocycles. The normalized spacial score (nSPS) is 20.1. The van der Waals surface area contributed by atoms with E-state index >= 15 is 0 Å². The largest absolute Gasteiger partial charge is 0.478 e. The standard InChI is InChI=1S/C21H21BrFN3O4S/c1-11(2)30-26-13(4)17(20(28)29)21(12(3)10-27,15-6-5-14(23)9-16(15)22)25-18(26)19-24-7-8-31-19/h5-12H,1-4H3,(H,28,29)/t12-,21+/m1/s1. The van der Waals surface area contributed by atoms with Gasteiger partial charge in [-0.25, -0.2) is 24.2 Å². The minimum Gasteiger partial charge on any atom is -0.478 e. The summed E-state index contributed by atoms with van der Waals surface area (Å²) in [7, 11) is 0. The molecule has 0 saturated heterocycles. The number of hydrogen-bond acceptors (Lipinski definition) is 7. The number of thiazole rings is 1. The Morgan fingerprint density at radius 3 is 2.61 bits per heavy atom. The molecule has 0 spiro atoms. The zero-order valence-corrected chi connectivity index (χ0v) is 19.7. The van der Waals surface area contributed by atoms with Crippen LogP contribution in [0.4, 0.5) is 4.39 Å². The lowest BCUT2D eigenvalue weighted by Crippen LogP contribution is -2.48. The average molecular weight is 510 g/mol. The maximum atomic E-state index is 13.9. The summed E-state index contributed by atoms with van der Waals surface area (Å²) in [6.07, 6.45) is 1.96. The van der Waals surface area contributed by atoms with E-state index in [1.807, 2.05) is 0 Å². The zero-order valence-electron chi connectivity index (χ0n) is 17.3. The Hall–Kier alpha value is -2.43. The summed E-state index contributed by atoms with van der Waals surface area (Å²) in [6.45, 7) is 6.79. The first-order valence-electron chi connectivity index (χ1n) is 9.45. The molecule has 164 valence electrons. The lowest BCUT2D eigenvalue weighted by Gasteiger charge is -2.42. The smallest absolute Gasteiger partial charge is 0.336 e. The van der Waals surface area contributed by atoms with E-state index in [2.05, 4.69) is 20.9 Å². The minimum absolute atomic E-state index is 0.139. The predicted octanol–water partition coefficient (Wildman–Crippen LogP) is 4.54. The number of aliphatic carboxylic acids is 1. The highest BCUT2D eigenvalue weighted by atomic mass is 79.9. The third-order valence-corrected chi connectivity index (χ3v) is 6.31. The minimum atomic E-state index is -1.64. The van der Waals surface area contributed by atoms with Crippen molar-refractivity contribution in [2.24, 2.45) is 10.9 Å². The van der Waals surface area contributed by atoms with Gasteiger partial charge in [-0.2, -0.15) is 0 Å². The highest BCUT2D eigenvalue weighted by Crippen LogP contribution is 2.48. The van der Waals surface area contributed by atoms with Crippen molar-refractivity contribution in [3.63, 3.8) is 0 Å². The summed E-state index contributed by atoms with van der Waals surface area (Å²) >= 11 is 4.64. The van der Waals surface area contributed by atoms with Gasteiger partial charge >= 0.3 is 5.97 Å². The van der Waals surface area contributed by atoms with Crippen molar-refractivity contribution in [2.75, 3.05) is 0 Å². The number of aldehydes is 1. The molecule has 7 nitrogen and oxygen atoms in total. The van der Waals surface area contributed by atoms with E-state index in [1.54, 1.807) is 39.3 Å². The van der Waals surface area contributed by atoms with E-state index in [9.17, 15) is 19.1 Å². The SMILES string of the molecule is CC1=C(C(=O)O)[C@@](c2ccc(F)cc2Br)([C@H](C)C=O)N=C(c2nccs2)N1OC(C)C. The number of halogens is 2. The molecule has 1 N–H and O–H groups in total. The number of carbonyl (C=O) groups excluding carboxylic acids is 1. The number of amidine groups is 1. The number of rotatable bonds is 7. The lowest BCUT2D eigenvalue weighted by atomic mass is 9.72. The number of aliphatic imine (C=N–C) groups is 1. The average Bonchev–Trinajstić information content (AvgIpc) is 3.22. The van der Waals surface area contributed by atoms with Gasteiger partial charge in [0.05, 0.1) is 17.4 Å². The van der Waals surface area contributed by atoms with Crippen LogP contribution in [0.1, 0.15) is 38.3 Å². The van der Waals surface area contributed by atoms with Gasteiger partial charge in [0.25, 0.3) is 0 Å². The number of carboxylic acid groups (broad SMARTS) is 1. The Morgan fingerprint density at radius 2 is 2.10 bits per heavy atom. The number of carboxylic acids is 1. The Bertz CT molecular complexity index is 1070. The van der Waals surface area contributed by atoms with Crippen molar-refractivity contribution in [1.29, 1.82) is 0 Å². The molecule has 0 bridgehead atoms. The highest BCUT2D eigenvalue weighted by Gasteiger charge is 2.51. The molecule has 1 aliphatic rings. The van der Waals surface area contributed by atoms with Crippen LogP contribution in [0.5, 0.6) is 0 Å². The van der Waals surface area contributed by atoms with Crippen molar-refractivity contribution < 1.29 is 23.9 Å². The molecule has 2 atom stereocenters. The molecule has 0 unspecified atom stereocenters. The second-order valence-corrected chi connectivity index (χ2v) is 9.05. The summed E-state index contributed by atoms with van der Waals surface area (Å²) in [5.41, 5.74) is -1.17. The van der Waals surface area contributed by atoms with Gasteiger partial charge in [0.2, 0.25) is 0 Å². The first-order chi connectivity index (χ1) is 14.6. The van der Waals surface area contributed by atoms with Gasteiger partial charge in [-0.3, -0.25) is 4.84 Å². The molecule has 3 rings (SSSR count). The molecule has 0 amide bonds. The van der Waals surface area contributed by atoms with E-state index in [0.29, 0.717) is 21.3 Å². The van der Waals surface area contributed by atoms with E-state index < -0.39 is 23.2 Å². The van der Waals surface area contributed by atoms with Crippen LogP contribution in [-0.2, 0) is 20.0 Å². The molecule has 10 heteroatoms. The van der Waals surface area contributed by atoms with E-state index in [1.165, 1.54) is 34.6 Å². The van der Waals surface area contributed by atoms with Crippen LogP contribution in [0, 0.1) is 11.7 Å². The Morgan fingerprint density at radius 1 is 1.39 bits per heavy atom. The third-order valence-electron chi connectivity index (χ3n) is 4.88. The topological polar surface area (TPSA) is 92.1 Å². The van der Waals surface area contributed by atoms with Crippen molar-refractivity contribution in [1.82, 2.24) is 10.0 Å². The summed E-state index contributed by atoms with van der Waals surface area (Å²) < 4.78 is 14.2. The van der Waals surface area contributed by atoms with Crippen LogP contribution < -0.4 is 0 Å². The number of aromatic nitrogens is 1. The lowest BCUT2D eigenvalue weighted by molar-refractivity contribution is -0.137. The van der Waals surface area contributed by atoms with E-state index in [4.69, 9.17) is 9.83 Å². The van der Waals surface area contributed by atoms with Crippen LogP contribution >= 0.6 is 27.3 Å². The molecule has 0 aliphatic carbocycles. The van der Waals surface area contributed by atoms with Crippen molar-refractivity contribution in [3.05, 3.63) is 61.9 Å². The molecular weight excluding hydrogens is 489 g/mol. The molecule has 1 aromatic heterocycles. The van der Waals surface area contributed by atoms with Gasteiger partial charge in [-0.05, 0) is 38.5 Å². The Kier molecular flexibility index (Phi) is 6.73. The molecule has 0 radical (unpaired) electrons. The first kappa shape index (κ1) is 23.2. The van der Waals surface area contributed by atoms with Crippen molar-refractivity contribution in [2.45, 2.75) is 39.3 Å².